The van der Waals surface area contributed by atoms with Crippen LogP contribution in [0.2, 0.25) is 0 Å². The first-order chi connectivity index (χ1) is 13.6. The summed E-state index contributed by atoms with van der Waals surface area (Å²) in [5, 5.41) is 2.95. The van der Waals surface area contributed by atoms with Gasteiger partial charge < -0.3 is 10.1 Å². The second-order valence-electron chi connectivity index (χ2n) is 6.69. The zero-order valence-corrected chi connectivity index (χ0v) is 15.8. The van der Waals surface area contributed by atoms with Crippen molar-refractivity contribution in [3.05, 3.63) is 89.7 Å². The lowest BCUT2D eigenvalue weighted by molar-refractivity contribution is 0.0951. The van der Waals surface area contributed by atoms with Gasteiger partial charge in [0.25, 0.3) is 5.91 Å². The molecule has 1 N–H and O–H groups in total. The van der Waals surface area contributed by atoms with E-state index in [9.17, 15) is 4.79 Å². The molecule has 0 unspecified atom stereocenters. The Labute approximate surface area is 163 Å². The van der Waals surface area contributed by atoms with Crippen LogP contribution in [0.15, 0.2) is 73.1 Å². The second kappa shape index (κ2) is 7.56. The lowest BCUT2D eigenvalue weighted by atomic mass is 10.1. The molecule has 1 heterocycles. The molecule has 28 heavy (non-hydrogen) atoms. The number of hydrogen-bond donors (Lipinski definition) is 1. The normalized spacial score (nSPS) is 10.8. The first-order valence-electron chi connectivity index (χ1n) is 9.09. The van der Waals surface area contributed by atoms with Gasteiger partial charge in [-0.1, -0.05) is 24.3 Å². The number of hydrogen-bond acceptors (Lipinski definition) is 3. The maximum atomic E-state index is 12.6. The molecule has 0 bridgehead atoms. The first kappa shape index (κ1) is 17.8. The summed E-state index contributed by atoms with van der Waals surface area (Å²) in [6.45, 7) is 2.50. The highest BCUT2D eigenvalue weighted by molar-refractivity contribution is 5.97. The van der Waals surface area contributed by atoms with Crippen LogP contribution >= 0.6 is 0 Å². The minimum Gasteiger partial charge on any atom is -0.497 e. The van der Waals surface area contributed by atoms with E-state index in [1.54, 1.807) is 13.4 Å². The van der Waals surface area contributed by atoms with E-state index in [2.05, 4.69) is 29.4 Å². The number of benzene rings is 3. The highest BCUT2D eigenvalue weighted by atomic mass is 16.5. The van der Waals surface area contributed by atoms with Crippen LogP contribution in [0.4, 0.5) is 0 Å². The van der Waals surface area contributed by atoms with E-state index in [4.69, 9.17) is 4.74 Å². The van der Waals surface area contributed by atoms with E-state index in [0.717, 1.165) is 28.0 Å². The Morgan fingerprint density at radius 3 is 2.75 bits per heavy atom. The highest BCUT2D eigenvalue weighted by Crippen LogP contribution is 2.20. The maximum Gasteiger partial charge on any atom is 0.251 e. The van der Waals surface area contributed by atoms with Crippen LogP contribution in [0.1, 0.15) is 21.5 Å². The summed E-state index contributed by atoms with van der Waals surface area (Å²) in [4.78, 5) is 17.0. The standard InChI is InChI=1S/C23H21N3O2/c1-16-5-3-7-19(11-16)26-15-25-21-13-18(9-10-22(21)26)23(27)24-14-17-6-4-8-20(12-17)28-2/h3-13,15H,14H2,1-2H3,(H,24,27). The summed E-state index contributed by atoms with van der Waals surface area (Å²) >= 11 is 0. The van der Waals surface area contributed by atoms with E-state index in [1.165, 1.54) is 5.56 Å². The Morgan fingerprint density at radius 2 is 1.93 bits per heavy atom. The van der Waals surface area contributed by atoms with Crippen LogP contribution in [0, 0.1) is 6.92 Å². The highest BCUT2D eigenvalue weighted by Gasteiger charge is 2.10. The Morgan fingerprint density at radius 1 is 1.07 bits per heavy atom. The van der Waals surface area contributed by atoms with Gasteiger partial charge in [-0.15, -0.1) is 0 Å². The predicted molar refractivity (Wildman–Crippen MR) is 110 cm³/mol. The minimum absolute atomic E-state index is 0.130. The van der Waals surface area contributed by atoms with E-state index in [0.29, 0.717) is 12.1 Å². The molecule has 3 aromatic carbocycles. The average Bonchev–Trinajstić information content (AvgIpc) is 3.15. The molecule has 0 atom stereocenters. The van der Waals surface area contributed by atoms with Crippen molar-refractivity contribution >= 4 is 16.9 Å². The minimum atomic E-state index is -0.130. The van der Waals surface area contributed by atoms with Crippen LogP contribution < -0.4 is 10.1 Å². The van der Waals surface area contributed by atoms with Crippen LogP contribution in [0.5, 0.6) is 5.75 Å². The number of aromatic nitrogens is 2. The molecule has 4 aromatic rings. The van der Waals surface area contributed by atoms with Gasteiger partial charge in [0.1, 0.15) is 12.1 Å². The molecule has 0 aliphatic heterocycles. The zero-order valence-electron chi connectivity index (χ0n) is 15.8. The van der Waals surface area contributed by atoms with Gasteiger partial charge in [0, 0.05) is 17.8 Å². The van der Waals surface area contributed by atoms with Gasteiger partial charge in [-0.2, -0.15) is 0 Å². The lowest BCUT2D eigenvalue weighted by Gasteiger charge is -2.08. The van der Waals surface area contributed by atoms with E-state index in [1.807, 2.05) is 59.2 Å². The van der Waals surface area contributed by atoms with Crippen LogP contribution in [0.25, 0.3) is 16.7 Å². The topological polar surface area (TPSA) is 56.1 Å². The fourth-order valence-electron chi connectivity index (χ4n) is 3.20. The average molecular weight is 371 g/mol. The van der Waals surface area contributed by atoms with Crippen LogP contribution in [-0.2, 0) is 6.54 Å². The molecule has 0 saturated heterocycles. The van der Waals surface area contributed by atoms with Crippen molar-refractivity contribution in [1.82, 2.24) is 14.9 Å². The summed E-state index contributed by atoms with van der Waals surface area (Å²) in [7, 11) is 1.63. The van der Waals surface area contributed by atoms with E-state index >= 15 is 0 Å². The third-order valence-corrected chi connectivity index (χ3v) is 4.68. The third kappa shape index (κ3) is 3.60. The number of methoxy groups -OCH3 is 1. The third-order valence-electron chi connectivity index (χ3n) is 4.68. The summed E-state index contributed by atoms with van der Waals surface area (Å²) in [5.41, 5.74) is 5.57. The van der Waals surface area contributed by atoms with Gasteiger partial charge >= 0.3 is 0 Å². The summed E-state index contributed by atoms with van der Waals surface area (Å²) in [6, 6.07) is 21.5. The number of amides is 1. The molecule has 5 nitrogen and oxygen atoms in total. The number of carbonyl (C=O) groups excluding carboxylic acids is 1. The SMILES string of the molecule is COc1cccc(CNC(=O)c2ccc3c(c2)ncn3-c2cccc(C)c2)c1. The Bertz CT molecular complexity index is 1150. The molecule has 0 aliphatic rings. The van der Waals surface area contributed by atoms with Crippen molar-refractivity contribution in [2.24, 2.45) is 0 Å². The Kier molecular flexibility index (Phi) is 4.81. The summed E-state index contributed by atoms with van der Waals surface area (Å²) in [5.74, 6) is 0.643. The molecule has 5 heteroatoms. The largest absolute Gasteiger partial charge is 0.497 e. The molecular formula is C23H21N3O2. The number of carbonyl (C=O) groups is 1. The van der Waals surface area contributed by atoms with Gasteiger partial charge in [-0.05, 0) is 60.5 Å². The van der Waals surface area contributed by atoms with Crippen molar-refractivity contribution in [2.75, 3.05) is 7.11 Å². The molecule has 4 rings (SSSR count). The molecule has 1 aromatic heterocycles. The lowest BCUT2D eigenvalue weighted by Crippen LogP contribution is -2.22. The fraction of sp³-hybridized carbons (Fsp3) is 0.130. The van der Waals surface area contributed by atoms with Gasteiger partial charge in [-0.3, -0.25) is 9.36 Å². The number of fused-ring (bicyclic) bond motifs is 1. The Hall–Kier alpha value is -3.60. The molecule has 1 amide bonds. The van der Waals surface area contributed by atoms with Crippen molar-refractivity contribution in [3.63, 3.8) is 0 Å². The van der Waals surface area contributed by atoms with Crippen LogP contribution in [0.3, 0.4) is 0 Å². The molecule has 140 valence electrons. The van der Waals surface area contributed by atoms with Crippen LogP contribution in [-0.4, -0.2) is 22.6 Å². The number of nitrogens with one attached hydrogen (secondary N) is 1. The molecule has 0 radical (unpaired) electrons. The van der Waals surface area contributed by atoms with Crippen molar-refractivity contribution in [2.45, 2.75) is 13.5 Å². The smallest absolute Gasteiger partial charge is 0.251 e. The predicted octanol–water partition coefficient (Wildman–Crippen LogP) is 4.27. The summed E-state index contributed by atoms with van der Waals surface area (Å²) < 4.78 is 7.25. The number of ether oxygens (including phenoxy) is 1. The molecule has 0 spiro atoms. The number of imidazole rings is 1. The monoisotopic (exact) mass is 371 g/mol. The van der Waals surface area contributed by atoms with Gasteiger partial charge in [0.2, 0.25) is 0 Å². The summed E-state index contributed by atoms with van der Waals surface area (Å²) in [6.07, 6.45) is 1.79. The Balaban J connectivity index is 1.54. The molecule has 0 saturated carbocycles. The molecule has 0 aliphatic carbocycles. The molecule has 0 fully saturated rings. The van der Waals surface area contributed by atoms with Crippen molar-refractivity contribution in [1.29, 1.82) is 0 Å². The van der Waals surface area contributed by atoms with Gasteiger partial charge in [-0.25, -0.2) is 4.98 Å². The maximum absolute atomic E-state index is 12.6. The number of nitrogens with zero attached hydrogens (tertiary/aromatic N) is 2. The number of rotatable bonds is 5. The quantitative estimate of drug-likeness (QED) is 0.570. The van der Waals surface area contributed by atoms with Crippen molar-refractivity contribution in [3.8, 4) is 11.4 Å². The zero-order chi connectivity index (χ0) is 19.5. The second-order valence-corrected chi connectivity index (χ2v) is 6.69. The number of aryl methyl sites for hydroxylation is 1. The first-order valence-corrected chi connectivity index (χ1v) is 9.09. The van der Waals surface area contributed by atoms with E-state index in [-0.39, 0.29) is 5.91 Å². The molecular weight excluding hydrogens is 350 g/mol. The van der Waals surface area contributed by atoms with Gasteiger partial charge in [0.15, 0.2) is 0 Å². The fourth-order valence-corrected chi connectivity index (χ4v) is 3.20. The van der Waals surface area contributed by atoms with E-state index < -0.39 is 0 Å². The van der Waals surface area contributed by atoms with Gasteiger partial charge in [0.05, 0.1) is 18.1 Å². The van der Waals surface area contributed by atoms with Crippen molar-refractivity contribution < 1.29 is 9.53 Å².